The predicted octanol–water partition coefficient (Wildman–Crippen LogP) is 2.74. The minimum absolute atomic E-state index is 0.0394. The molecule has 148 valence electrons. The first-order valence-electron chi connectivity index (χ1n) is 7.99. The molecule has 5 nitrogen and oxygen atoms in total. The fraction of sp³-hybridized carbons (Fsp3) is 0.211. The minimum Gasteiger partial charge on any atom is -0.341 e. The summed E-state index contributed by atoms with van der Waals surface area (Å²) in [6.07, 6.45) is -4.51. The number of carbonyl (C=O) groups is 1. The molecule has 0 aliphatic rings. The number of halogens is 3. The average molecular weight is 410 g/mol. The Morgan fingerprint density at radius 3 is 2.25 bits per heavy atom. The van der Waals surface area contributed by atoms with Gasteiger partial charge in [-0.2, -0.15) is 13.2 Å². The van der Waals surface area contributed by atoms with E-state index in [1.165, 1.54) is 56.6 Å². The molecule has 0 radical (unpaired) electrons. The molecule has 2 aromatic rings. The van der Waals surface area contributed by atoms with Crippen LogP contribution in [-0.2, 0) is 16.2 Å². The van der Waals surface area contributed by atoms with Gasteiger partial charge in [0, 0.05) is 25.2 Å². The lowest BCUT2D eigenvalue weighted by Crippen LogP contribution is -2.24. The molecule has 0 aromatic heterocycles. The third kappa shape index (κ3) is 5.12. The standard InChI is InChI=1S/C19H17F3N2O3S/c1-24(2)28(26,27)16-11-9-15(10-12-16)18(25)23-13-5-7-14-6-3-4-8-17(14)19(20,21)22/h3-4,6,8-12H,13H2,1-2H3,(H,23,25). The van der Waals surface area contributed by atoms with Gasteiger partial charge in [-0.15, -0.1) is 0 Å². The van der Waals surface area contributed by atoms with Crippen LogP contribution in [0.1, 0.15) is 21.5 Å². The second-order valence-electron chi connectivity index (χ2n) is 5.84. The first-order chi connectivity index (χ1) is 13.0. The highest BCUT2D eigenvalue weighted by Gasteiger charge is 2.32. The molecule has 0 aliphatic heterocycles. The van der Waals surface area contributed by atoms with Gasteiger partial charge >= 0.3 is 6.18 Å². The topological polar surface area (TPSA) is 66.5 Å². The molecule has 9 heteroatoms. The molecule has 0 heterocycles. The third-order valence-corrected chi connectivity index (χ3v) is 5.52. The van der Waals surface area contributed by atoms with Crippen molar-refractivity contribution in [1.29, 1.82) is 0 Å². The van der Waals surface area contributed by atoms with Crippen molar-refractivity contribution in [2.45, 2.75) is 11.1 Å². The van der Waals surface area contributed by atoms with Gasteiger partial charge in [0.1, 0.15) is 0 Å². The fourth-order valence-electron chi connectivity index (χ4n) is 2.19. The molecule has 0 aliphatic carbocycles. The second kappa shape index (κ2) is 8.46. The summed E-state index contributed by atoms with van der Waals surface area (Å²) in [6, 6.07) is 10.2. The van der Waals surface area contributed by atoms with Gasteiger partial charge in [-0.3, -0.25) is 4.79 Å². The highest BCUT2D eigenvalue weighted by molar-refractivity contribution is 7.89. The number of nitrogens with one attached hydrogen (secondary N) is 1. The molecule has 0 saturated carbocycles. The van der Waals surface area contributed by atoms with Crippen LogP contribution in [0.4, 0.5) is 13.2 Å². The number of benzene rings is 2. The maximum Gasteiger partial charge on any atom is 0.417 e. The summed E-state index contributed by atoms with van der Waals surface area (Å²) in [5.74, 6) is 4.36. The molecule has 1 amide bonds. The van der Waals surface area contributed by atoms with Crippen molar-refractivity contribution in [3.63, 3.8) is 0 Å². The minimum atomic E-state index is -4.51. The maximum absolute atomic E-state index is 12.9. The molecule has 0 unspecified atom stereocenters. The number of hydrogen-bond donors (Lipinski definition) is 1. The predicted molar refractivity (Wildman–Crippen MR) is 98.0 cm³/mol. The molecule has 1 N–H and O–H groups in total. The number of hydrogen-bond acceptors (Lipinski definition) is 3. The summed E-state index contributed by atoms with van der Waals surface area (Å²) in [7, 11) is -0.811. The summed E-state index contributed by atoms with van der Waals surface area (Å²) < 4.78 is 63.7. The smallest absolute Gasteiger partial charge is 0.341 e. The molecule has 0 fully saturated rings. The zero-order valence-electron chi connectivity index (χ0n) is 15.0. The normalized spacial score (nSPS) is 11.6. The lowest BCUT2D eigenvalue weighted by atomic mass is 10.1. The average Bonchev–Trinajstić information content (AvgIpc) is 2.64. The van der Waals surface area contributed by atoms with Gasteiger partial charge in [0.15, 0.2) is 0 Å². The van der Waals surface area contributed by atoms with Crippen molar-refractivity contribution in [3.8, 4) is 11.8 Å². The van der Waals surface area contributed by atoms with Crippen molar-refractivity contribution in [3.05, 3.63) is 65.2 Å². The quantitative estimate of drug-likeness (QED) is 0.789. The summed E-state index contributed by atoms with van der Waals surface area (Å²) in [5, 5.41) is 2.45. The fourth-order valence-corrected chi connectivity index (χ4v) is 3.10. The monoisotopic (exact) mass is 410 g/mol. The van der Waals surface area contributed by atoms with E-state index in [1.54, 1.807) is 0 Å². The van der Waals surface area contributed by atoms with Crippen molar-refractivity contribution < 1.29 is 26.4 Å². The molecule has 2 aromatic carbocycles. The number of carbonyl (C=O) groups excluding carboxylic acids is 1. The van der Waals surface area contributed by atoms with Gasteiger partial charge in [0.05, 0.1) is 17.0 Å². The molecule has 0 saturated heterocycles. The second-order valence-corrected chi connectivity index (χ2v) is 7.99. The lowest BCUT2D eigenvalue weighted by Gasteiger charge is -2.11. The van der Waals surface area contributed by atoms with E-state index < -0.39 is 27.7 Å². The Balaban J connectivity index is 2.05. The van der Waals surface area contributed by atoms with Gasteiger partial charge in [0.2, 0.25) is 10.0 Å². The van der Waals surface area contributed by atoms with Crippen LogP contribution in [0.2, 0.25) is 0 Å². The maximum atomic E-state index is 12.9. The lowest BCUT2D eigenvalue weighted by molar-refractivity contribution is -0.137. The Morgan fingerprint density at radius 1 is 1.07 bits per heavy atom. The Labute approximate surface area is 161 Å². The largest absolute Gasteiger partial charge is 0.417 e. The molecule has 0 bridgehead atoms. The molecule has 0 atom stereocenters. The Hall–Kier alpha value is -2.83. The zero-order valence-corrected chi connectivity index (χ0v) is 15.9. The van der Waals surface area contributed by atoms with Crippen LogP contribution in [0.25, 0.3) is 0 Å². The van der Waals surface area contributed by atoms with Crippen LogP contribution in [-0.4, -0.2) is 39.3 Å². The summed E-state index contributed by atoms with van der Waals surface area (Å²) >= 11 is 0. The van der Waals surface area contributed by atoms with Crippen molar-refractivity contribution in [2.24, 2.45) is 0 Å². The number of amides is 1. The summed E-state index contributed by atoms with van der Waals surface area (Å²) in [5.41, 5.74) is -0.816. The van der Waals surface area contributed by atoms with Gasteiger partial charge in [-0.05, 0) is 36.4 Å². The van der Waals surface area contributed by atoms with Crippen LogP contribution in [0.5, 0.6) is 0 Å². The van der Waals surface area contributed by atoms with E-state index in [0.717, 1.165) is 10.4 Å². The van der Waals surface area contributed by atoms with Gasteiger partial charge in [-0.25, -0.2) is 12.7 Å². The number of sulfonamides is 1. The number of alkyl halides is 3. The van der Waals surface area contributed by atoms with Crippen LogP contribution in [0, 0.1) is 11.8 Å². The van der Waals surface area contributed by atoms with Gasteiger partial charge in [0.25, 0.3) is 5.91 Å². The number of rotatable bonds is 4. The van der Waals surface area contributed by atoms with Crippen LogP contribution < -0.4 is 5.32 Å². The van der Waals surface area contributed by atoms with Crippen molar-refractivity contribution in [1.82, 2.24) is 9.62 Å². The summed E-state index contributed by atoms with van der Waals surface area (Å²) in [6.45, 7) is -0.164. The van der Waals surface area contributed by atoms with E-state index in [9.17, 15) is 26.4 Å². The first-order valence-corrected chi connectivity index (χ1v) is 9.43. The highest BCUT2D eigenvalue weighted by Crippen LogP contribution is 2.31. The van der Waals surface area contributed by atoms with Crippen molar-refractivity contribution in [2.75, 3.05) is 20.6 Å². The zero-order chi connectivity index (χ0) is 20.9. The Bertz CT molecular complexity index is 1020. The first kappa shape index (κ1) is 21.5. The van der Waals surface area contributed by atoms with Crippen LogP contribution in [0.15, 0.2) is 53.4 Å². The third-order valence-electron chi connectivity index (χ3n) is 3.69. The van der Waals surface area contributed by atoms with E-state index in [1.807, 2.05) is 0 Å². The molecule has 2 rings (SSSR count). The molecule has 0 spiro atoms. The molecule has 28 heavy (non-hydrogen) atoms. The molecular formula is C19H17F3N2O3S. The molecular weight excluding hydrogens is 393 g/mol. The van der Waals surface area contributed by atoms with E-state index in [4.69, 9.17) is 0 Å². The van der Waals surface area contributed by atoms with Crippen molar-refractivity contribution >= 4 is 15.9 Å². The highest BCUT2D eigenvalue weighted by atomic mass is 32.2. The Morgan fingerprint density at radius 2 is 1.68 bits per heavy atom. The van der Waals surface area contributed by atoms with Gasteiger partial charge in [-0.1, -0.05) is 24.0 Å². The van der Waals surface area contributed by atoms with Gasteiger partial charge < -0.3 is 5.32 Å². The number of nitrogens with zero attached hydrogens (tertiary/aromatic N) is 1. The van der Waals surface area contributed by atoms with E-state index in [2.05, 4.69) is 17.2 Å². The van der Waals surface area contributed by atoms with E-state index in [0.29, 0.717) is 0 Å². The van der Waals surface area contributed by atoms with Crippen LogP contribution in [0.3, 0.4) is 0 Å². The summed E-state index contributed by atoms with van der Waals surface area (Å²) in [4.78, 5) is 12.1. The van der Waals surface area contributed by atoms with Crippen LogP contribution >= 0.6 is 0 Å². The Kier molecular flexibility index (Phi) is 6.48. The van der Waals surface area contributed by atoms with E-state index >= 15 is 0 Å². The SMILES string of the molecule is CN(C)S(=O)(=O)c1ccc(C(=O)NCC#Cc2ccccc2C(F)(F)F)cc1. The van der Waals surface area contributed by atoms with E-state index in [-0.39, 0.29) is 22.6 Å².